The van der Waals surface area contributed by atoms with Gasteiger partial charge in [-0.05, 0) is 30.2 Å². The molecule has 23 heavy (non-hydrogen) atoms. The molecule has 0 aliphatic carbocycles. The van der Waals surface area contributed by atoms with E-state index in [0.29, 0.717) is 6.42 Å². The van der Waals surface area contributed by atoms with Crippen LogP contribution in [0.4, 0.5) is 5.69 Å². The number of para-hydroxylation sites is 1. The highest BCUT2D eigenvalue weighted by molar-refractivity contribution is 9.10. The van der Waals surface area contributed by atoms with Gasteiger partial charge in [-0.15, -0.1) is 0 Å². The smallest absolute Gasteiger partial charge is 0.268 e. The first kappa shape index (κ1) is 15.7. The van der Waals surface area contributed by atoms with Crippen molar-refractivity contribution >= 4 is 33.2 Å². The van der Waals surface area contributed by atoms with Crippen molar-refractivity contribution in [1.82, 2.24) is 0 Å². The Bertz CT molecular complexity index is 758. The Morgan fingerprint density at radius 2 is 2.13 bits per heavy atom. The van der Waals surface area contributed by atoms with E-state index in [1.54, 1.807) is 0 Å². The summed E-state index contributed by atoms with van der Waals surface area (Å²) in [6.45, 7) is 2.06. The molecule has 5 heteroatoms. The predicted octanol–water partition coefficient (Wildman–Crippen LogP) is 4.14. The normalized spacial score (nSPS) is 16.6. The SMILES string of the molecule is CCc1ccccc1NC(=O)C1CC(c2cccc(Br)c2)=NO1. The second-order valence-electron chi connectivity index (χ2n) is 5.35. The summed E-state index contributed by atoms with van der Waals surface area (Å²) in [5.41, 5.74) is 3.69. The lowest BCUT2D eigenvalue weighted by atomic mass is 10.0. The maximum Gasteiger partial charge on any atom is 0.268 e. The average molecular weight is 373 g/mol. The monoisotopic (exact) mass is 372 g/mol. The van der Waals surface area contributed by atoms with Crippen LogP contribution in [0, 0.1) is 0 Å². The third-order valence-corrected chi connectivity index (χ3v) is 4.27. The summed E-state index contributed by atoms with van der Waals surface area (Å²) < 4.78 is 0.975. The molecule has 1 amide bonds. The molecular weight excluding hydrogens is 356 g/mol. The fourth-order valence-corrected chi connectivity index (χ4v) is 2.92. The van der Waals surface area contributed by atoms with Crippen molar-refractivity contribution in [3.63, 3.8) is 0 Å². The van der Waals surface area contributed by atoms with Crippen LogP contribution in [0.2, 0.25) is 0 Å². The van der Waals surface area contributed by atoms with Crippen LogP contribution in [-0.4, -0.2) is 17.7 Å². The van der Waals surface area contributed by atoms with E-state index in [4.69, 9.17) is 4.84 Å². The molecule has 1 heterocycles. The zero-order chi connectivity index (χ0) is 16.2. The van der Waals surface area contributed by atoms with E-state index in [1.165, 1.54) is 0 Å². The summed E-state index contributed by atoms with van der Waals surface area (Å²) in [5, 5.41) is 7.01. The molecule has 1 aliphatic rings. The number of halogens is 1. The summed E-state index contributed by atoms with van der Waals surface area (Å²) >= 11 is 3.44. The standard InChI is InChI=1S/C18H17BrN2O2/c1-2-12-6-3-4-9-15(12)20-18(22)17-11-16(21-23-17)13-7-5-8-14(19)10-13/h3-10,17H,2,11H2,1H3,(H,20,22). The topological polar surface area (TPSA) is 50.7 Å². The molecule has 0 saturated heterocycles. The molecule has 2 aromatic carbocycles. The van der Waals surface area contributed by atoms with Gasteiger partial charge < -0.3 is 10.2 Å². The molecule has 0 fully saturated rings. The molecule has 0 bridgehead atoms. The van der Waals surface area contributed by atoms with E-state index in [0.717, 1.165) is 33.4 Å². The minimum atomic E-state index is -0.589. The van der Waals surface area contributed by atoms with Gasteiger partial charge in [0.2, 0.25) is 6.10 Å². The lowest BCUT2D eigenvalue weighted by Crippen LogP contribution is -2.28. The van der Waals surface area contributed by atoms with Gasteiger partial charge in [0.15, 0.2) is 0 Å². The number of nitrogens with one attached hydrogen (secondary N) is 1. The molecular formula is C18H17BrN2O2. The van der Waals surface area contributed by atoms with Crippen LogP contribution >= 0.6 is 15.9 Å². The fourth-order valence-electron chi connectivity index (χ4n) is 2.52. The van der Waals surface area contributed by atoms with Gasteiger partial charge in [0, 0.05) is 22.1 Å². The summed E-state index contributed by atoms with van der Waals surface area (Å²) in [6.07, 6.45) is 0.743. The number of oxime groups is 1. The van der Waals surface area contributed by atoms with Gasteiger partial charge in [0.1, 0.15) is 0 Å². The van der Waals surface area contributed by atoms with Crippen molar-refractivity contribution in [1.29, 1.82) is 0 Å². The largest absolute Gasteiger partial charge is 0.382 e. The third kappa shape index (κ3) is 3.62. The number of anilines is 1. The van der Waals surface area contributed by atoms with Gasteiger partial charge in [-0.2, -0.15) is 0 Å². The van der Waals surface area contributed by atoms with Gasteiger partial charge >= 0.3 is 0 Å². The van der Waals surface area contributed by atoms with Gasteiger partial charge in [-0.1, -0.05) is 58.3 Å². The summed E-state index contributed by atoms with van der Waals surface area (Å²) in [4.78, 5) is 17.7. The van der Waals surface area contributed by atoms with E-state index >= 15 is 0 Å². The quantitative estimate of drug-likeness (QED) is 0.876. The minimum Gasteiger partial charge on any atom is -0.382 e. The number of nitrogens with zero attached hydrogens (tertiary/aromatic N) is 1. The lowest BCUT2D eigenvalue weighted by Gasteiger charge is -2.12. The van der Waals surface area contributed by atoms with E-state index in [2.05, 4.69) is 33.3 Å². The first-order chi connectivity index (χ1) is 11.2. The van der Waals surface area contributed by atoms with Gasteiger partial charge in [0.05, 0.1) is 5.71 Å². The van der Waals surface area contributed by atoms with Crippen molar-refractivity contribution in [2.24, 2.45) is 5.16 Å². The zero-order valence-electron chi connectivity index (χ0n) is 12.8. The summed E-state index contributed by atoms with van der Waals surface area (Å²) in [7, 11) is 0. The van der Waals surface area contributed by atoms with E-state index in [-0.39, 0.29) is 5.91 Å². The predicted molar refractivity (Wildman–Crippen MR) is 94.6 cm³/mol. The first-order valence-corrected chi connectivity index (χ1v) is 8.34. The maximum atomic E-state index is 12.4. The van der Waals surface area contributed by atoms with E-state index in [1.807, 2.05) is 48.5 Å². The molecule has 2 aromatic rings. The molecule has 0 saturated carbocycles. The van der Waals surface area contributed by atoms with Crippen LogP contribution in [0.15, 0.2) is 58.2 Å². The molecule has 1 unspecified atom stereocenters. The fraction of sp³-hybridized carbons (Fsp3) is 0.222. The van der Waals surface area contributed by atoms with Crippen LogP contribution in [0.3, 0.4) is 0 Å². The van der Waals surface area contributed by atoms with E-state index < -0.39 is 6.10 Å². The van der Waals surface area contributed by atoms with Crippen molar-refractivity contribution in [2.75, 3.05) is 5.32 Å². The second kappa shape index (κ2) is 6.96. The zero-order valence-corrected chi connectivity index (χ0v) is 14.3. The van der Waals surface area contributed by atoms with Crippen LogP contribution < -0.4 is 5.32 Å². The Kier molecular flexibility index (Phi) is 4.76. The highest BCUT2D eigenvalue weighted by Gasteiger charge is 2.29. The average Bonchev–Trinajstić information content (AvgIpc) is 3.05. The van der Waals surface area contributed by atoms with Gasteiger partial charge in [-0.3, -0.25) is 4.79 Å². The lowest BCUT2D eigenvalue weighted by molar-refractivity contribution is -0.125. The number of aryl methyl sites for hydroxylation is 1. The Morgan fingerprint density at radius 3 is 2.91 bits per heavy atom. The number of carbonyl (C=O) groups excluding carboxylic acids is 1. The van der Waals surface area contributed by atoms with E-state index in [9.17, 15) is 4.79 Å². The van der Waals surface area contributed by atoms with Crippen molar-refractivity contribution in [3.8, 4) is 0 Å². The highest BCUT2D eigenvalue weighted by atomic mass is 79.9. The van der Waals surface area contributed by atoms with Crippen LogP contribution in [0.1, 0.15) is 24.5 Å². The molecule has 0 radical (unpaired) electrons. The Morgan fingerprint density at radius 1 is 1.30 bits per heavy atom. The number of amides is 1. The number of benzene rings is 2. The number of hydrogen-bond donors (Lipinski definition) is 1. The number of rotatable bonds is 4. The highest BCUT2D eigenvalue weighted by Crippen LogP contribution is 2.22. The third-order valence-electron chi connectivity index (χ3n) is 3.78. The summed E-state index contributed by atoms with van der Waals surface area (Å²) in [6, 6.07) is 15.6. The van der Waals surface area contributed by atoms with Gasteiger partial charge in [-0.25, -0.2) is 0 Å². The summed E-state index contributed by atoms with van der Waals surface area (Å²) in [5.74, 6) is -0.167. The minimum absolute atomic E-state index is 0.167. The number of hydrogen-bond acceptors (Lipinski definition) is 3. The van der Waals surface area contributed by atoms with Crippen LogP contribution in [0.25, 0.3) is 0 Å². The molecule has 0 spiro atoms. The Hall–Kier alpha value is -2.14. The molecule has 4 nitrogen and oxygen atoms in total. The number of carbonyl (C=O) groups is 1. The molecule has 1 N–H and O–H groups in total. The second-order valence-corrected chi connectivity index (χ2v) is 6.26. The maximum absolute atomic E-state index is 12.4. The van der Waals surface area contributed by atoms with Gasteiger partial charge in [0.25, 0.3) is 5.91 Å². The molecule has 3 rings (SSSR count). The molecule has 1 aliphatic heterocycles. The van der Waals surface area contributed by atoms with Crippen LogP contribution in [-0.2, 0) is 16.1 Å². The van der Waals surface area contributed by atoms with Crippen molar-refractivity contribution in [3.05, 3.63) is 64.1 Å². The Balaban J connectivity index is 1.67. The molecule has 0 aromatic heterocycles. The van der Waals surface area contributed by atoms with Crippen LogP contribution in [0.5, 0.6) is 0 Å². The van der Waals surface area contributed by atoms with Crippen molar-refractivity contribution < 1.29 is 9.63 Å². The molecule has 118 valence electrons. The Labute approximate surface area is 143 Å². The van der Waals surface area contributed by atoms with Crippen molar-refractivity contribution in [2.45, 2.75) is 25.9 Å². The molecule has 1 atom stereocenters. The first-order valence-electron chi connectivity index (χ1n) is 7.54.